The molecule has 4 heteroatoms. The summed E-state index contributed by atoms with van der Waals surface area (Å²) in [5.41, 5.74) is 11.1. The number of allylic oxidation sites excluding steroid dienone is 1. The molecule has 4 N–H and O–H groups in total. The van der Waals surface area contributed by atoms with Gasteiger partial charge in [-0.15, -0.1) is 0 Å². The van der Waals surface area contributed by atoms with E-state index in [1.54, 1.807) is 0 Å². The van der Waals surface area contributed by atoms with Crippen molar-refractivity contribution in [3.8, 4) is 0 Å². The summed E-state index contributed by atoms with van der Waals surface area (Å²) < 4.78 is 0. The monoisotopic (exact) mass is 139 g/mol. The summed E-state index contributed by atoms with van der Waals surface area (Å²) in [5, 5.41) is 0. The molecule has 0 fully saturated rings. The number of hydrogen-bond donors (Lipinski definition) is 2. The maximum absolute atomic E-state index is 10.6. The molecular formula is C6H12BN2O. The first-order valence-electron chi connectivity index (χ1n) is 3.10. The minimum atomic E-state index is -0.412. The first-order valence-corrected chi connectivity index (χ1v) is 3.10. The minimum absolute atomic E-state index is 0.405. The Morgan fingerprint density at radius 2 is 2.20 bits per heavy atom. The summed E-state index contributed by atoms with van der Waals surface area (Å²) in [4.78, 5) is 10.6. The van der Waals surface area contributed by atoms with Crippen molar-refractivity contribution in [1.82, 2.24) is 0 Å². The predicted molar refractivity (Wildman–Crippen MR) is 42.3 cm³/mol. The van der Waals surface area contributed by atoms with Crippen molar-refractivity contribution in [2.24, 2.45) is 11.4 Å². The third kappa shape index (κ3) is 2.23. The van der Waals surface area contributed by atoms with Crippen molar-refractivity contribution >= 4 is 13.3 Å². The quantitative estimate of drug-likeness (QED) is 0.420. The number of amides is 1. The Morgan fingerprint density at radius 1 is 1.70 bits per heavy atom. The first kappa shape index (κ1) is 9.23. The van der Waals surface area contributed by atoms with E-state index < -0.39 is 11.7 Å². The van der Waals surface area contributed by atoms with Crippen LogP contribution in [0, 0.1) is 0 Å². The van der Waals surface area contributed by atoms with Gasteiger partial charge in [-0.2, -0.15) is 0 Å². The molecule has 0 aliphatic rings. The molecule has 3 nitrogen and oxygen atoms in total. The number of carbonyl (C=O) groups excluding carboxylic acids is 1. The fraction of sp³-hybridized carbons (Fsp3) is 0.500. The van der Waals surface area contributed by atoms with Crippen LogP contribution in [0.4, 0.5) is 0 Å². The maximum Gasteiger partial charge on any atom is 0.221 e. The van der Waals surface area contributed by atoms with Crippen molar-refractivity contribution in [2.75, 3.05) is 0 Å². The average Bonchev–Trinajstić information content (AvgIpc) is 1.88. The molecule has 1 atom stereocenters. The van der Waals surface area contributed by atoms with E-state index in [1.807, 2.05) is 19.9 Å². The van der Waals surface area contributed by atoms with Crippen molar-refractivity contribution in [2.45, 2.75) is 19.7 Å². The van der Waals surface area contributed by atoms with Crippen LogP contribution in [0.5, 0.6) is 0 Å². The van der Waals surface area contributed by atoms with Crippen LogP contribution in [-0.4, -0.2) is 13.3 Å². The van der Waals surface area contributed by atoms with Gasteiger partial charge in [0, 0.05) is 5.82 Å². The zero-order valence-electron chi connectivity index (χ0n) is 6.29. The minimum Gasteiger partial charge on any atom is -0.374 e. The molecule has 0 spiro atoms. The van der Waals surface area contributed by atoms with Crippen molar-refractivity contribution in [3.63, 3.8) is 0 Å². The normalized spacial score (nSPS) is 14.5. The molecule has 0 aromatic rings. The van der Waals surface area contributed by atoms with Gasteiger partial charge in [0.15, 0.2) is 0 Å². The lowest BCUT2D eigenvalue weighted by atomic mass is 9.72. The third-order valence-corrected chi connectivity index (χ3v) is 1.44. The Kier molecular flexibility index (Phi) is 3.80. The molecule has 0 heterocycles. The molecule has 0 saturated heterocycles. The number of primary amides is 1. The summed E-state index contributed by atoms with van der Waals surface area (Å²) in [5.74, 6) is -0.817. The Balaban J connectivity index is 4.21. The highest BCUT2D eigenvalue weighted by molar-refractivity contribution is 6.41. The van der Waals surface area contributed by atoms with Crippen molar-refractivity contribution in [3.05, 3.63) is 11.6 Å². The van der Waals surface area contributed by atoms with Crippen LogP contribution < -0.4 is 11.4 Å². The predicted octanol–water partition coefficient (Wildman–Crippen LogP) is -0.196. The van der Waals surface area contributed by atoms with Crippen LogP contribution in [0.1, 0.15) is 13.8 Å². The van der Waals surface area contributed by atoms with Gasteiger partial charge in [-0.1, -0.05) is 11.6 Å². The molecule has 1 amide bonds. The van der Waals surface area contributed by atoms with Crippen LogP contribution in [0.3, 0.4) is 0 Å². The number of nitrogens with two attached hydrogens (primary N) is 2. The fourth-order valence-corrected chi connectivity index (χ4v) is 0.651. The molecule has 55 valence electrons. The van der Waals surface area contributed by atoms with Gasteiger partial charge in [0.25, 0.3) is 0 Å². The van der Waals surface area contributed by atoms with Gasteiger partial charge in [0.1, 0.15) is 0 Å². The fourth-order valence-electron chi connectivity index (χ4n) is 0.651. The Hall–Kier alpha value is -0.765. The van der Waals surface area contributed by atoms with Crippen LogP contribution in [0.15, 0.2) is 11.6 Å². The number of carbonyl (C=O) groups is 1. The second kappa shape index (κ2) is 4.11. The van der Waals surface area contributed by atoms with E-state index in [1.165, 1.54) is 7.41 Å². The lowest BCUT2D eigenvalue weighted by molar-refractivity contribution is -0.117. The lowest BCUT2D eigenvalue weighted by Crippen LogP contribution is -2.28. The molecule has 0 rings (SSSR count). The number of rotatable bonds is 3. The second-order valence-corrected chi connectivity index (χ2v) is 2.11. The molecule has 0 aliphatic heterocycles. The van der Waals surface area contributed by atoms with Gasteiger partial charge in [-0.3, -0.25) is 4.79 Å². The van der Waals surface area contributed by atoms with Crippen LogP contribution in [-0.2, 0) is 4.79 Å². The van der Waals surface area contributed by atoms with E-state index in [9.17, 15) is 4.79 Å². The smallest absolute Gasteiger partial charge is 0.221 e. The van der Waals surface area contributed by atoms with E-state index in [4.69, 9.17) is 11.4 Å². The molecule has 0 saturated carbocycles. The van der Waals surface area contributed by atoms with E-state index >= 15 is 0 Å². The second-order valence-electron chi connectivity index (χ2n) is 2.11. The zero-order valence-corrected chi connectivity index (χ0v) is 6.29. The highest BCUT2D eigenvalue weighted by Crippen LogP contribution is 2.12. The molecule has 1 unspecified atom stereocenters. The summed E-state index contributed by atoms with van der Waals surface area (Å²) >= 11 is 0. The molecular weight excluding hydrogens is 127 g/mol. The summed E-state index contributed by atoms with van der Waals surface area (Å²) in [6.07, 6.45) is 1.82. The molecule has 1 radical (unpaired) electrons. The highest BCUT2D eigenvalue weighted by atomic mass is 16.1. The lowest BCUT2D eigenvalue weighted by Gasteiger charge is -2.08. The van der Waals surface area contributed by atoms with E-state index in [2.05, 4.69) is 0 Å². The molecule has 10 heavy (non-hydrogen) atoms. The number of hydrogen-bond acceptors (Lipinski definition) is 2. The molecule has 0 aliphatic carbocycles. The Labute approximate surface area is 61.7 Å². The maximum atomic E-state index is 10.6. The van der Waals surface area contributed by atoms with Crippen LogP contribution in [0.2, 0.25) is 5.82 Å². The standard InChI is InChI=1S/C6H12BN2O/c1-3-4(2)5(7-9)6(8)10/h3,5H,9H2,1-2H3,(H2,8,10). The van der Waals surface area contributed by atoms with Gasteiger partial charge in [-0.25, -0.2) is 0 Å². The summed E-state index contributed by atoms with van der Waals surface area (Å²) in [6.45, 7) is 3.66. The highest BCUT2D eigenvalue weighted by Gasteiger charge is 2.15. The molecule has 0 bridgehead atoms. The van der Waals surface area contributed by atoms with Gasteiger partial charge in [0.2, 0.25) is 13.3 Å². The third-order valence-electron chi connectivity index (χ3n) is 1.44. The summed E-state index contributed by atoms with van der Waals surface area (Å²) in [6, 6.07) is 0. The van der Waals surface area contributed by atoms with E-state index in [0.29, 0.717) is 0 Å². The molecule has 0 aromatic heterocycles. The van der Waals surface area contributed by atoms with Gasteiger partial charge in [0.05, 0.1) is 0 Å². The first-order chi connectivity index (χ1) is 4.63. The summed E-state index contributed by atoms with van der Waals surface area (Å²) in [7, 11) is 1.30. The molecule has 0 aromatic carbocycles. The van der Waals surface area contributed by atoms with Crippen molar-refractivity contribution < 1.29 is 4.79 Å². The largest absolute Gasteiger partial charge is 0.374 e. The van der Waals surface area contributed by atoms with Gasteiger partial charge in [-0.05, 0) is 13.8 Å². The topological polar surface area (TPSA) is 69.1 Å². The van der Waals surface area contributed by atoms with Gasteiger partial charge < -0.3 is 11.4 Å². The van der Waals surface area contributed by atoms with Crippen LogP contribution >= 0.6 is 0 Å². The zero-order chi connectivity index (χ0) is 8.15. The van der Waals surface area contributed by atoms with Crippen molar-refractivity contribution in [1.29, 1.82) is 0 Å². The SMILES string of the molecule is CC=C(C)C([B]N)C(N)=O. The van der Waals surface area contributed by atoms with Crippen LogP contribution in [0.25, 0.3) is 0 Å². The van der Waals surface area contributed by atoms with E-state index in [-0.39, 0.29) is 0 Å². The van der Waals surface area contributed by atoms with Gasteiger partial charge >= 0.3 is 0 Å². The Bertz CT molecular complexity index is 156. The van der Waals surface area contributed by atoms with E-state index in [0.717, 1.165) is 5.57 Å². The average molecular weight is 139 g/mol. The Morgan fingerprint density at radius 3 is 2.30 bits per heavy atom.